The molecule has 488 valence electrons. The lowest BCUT2D eigenvalue weighted by atomic mass is 10.0. The van der Waals surface area contributed by atoms with Gasteiger partial charge in [0.25, 0.3) is 0 Å². The molecule has 83 heavy (non-hydrogen) atoms. The molecule has 3 N–H and O–H groups in total. The maximum atomic E-state index is 12.5. The Balaban J connectivity index is 3.40. The largest absolute Gasteiger partial charge is 0.466 e. The van der Waals surface area contributed by atoms with E-state index in [4.69, 9.17) is 4.74 Å². The smallest absolute Gasteiger partial charge is 0.305 e. The highest BCUT2D eigenvalue weighted by Crippen LogP contribution is 2.18. The zero-order valence-corrected chi connectivity index (χ0v) is 55.9. The van der Waals surface area contributed by atoms with E-state index >= 15 is 0 Å². The van der Waals surface area contributed by atoms with Crippen molar-refractivity contribution in [2.75, 3.05) is 13.2 Å². The lowest BCUT2D eigenvalue weighted by Crippen LogP contribution is -2.45. The highest BCUT2D eigenvalue weighted by molar-refractivity contribution is 5.76. The summed E-state index contributed by atoms with van der Waals surface area (Å²) in [5.41, 5.74) is 0. The molecule has 0 spiro atoms. The first kappa shape index (κ1) is 80.8. The summed E-state index contributed by atoms with van der Waals surface area (Å²) in [6, 6.07) is -0.627. The van der Waals surface area contributed by atoms with E-state index in [1.165, 1.54) is 327 Å². The fraction of sp³-hybridized carbons (Fsp3) is 0.870. The SMILES string of the molecule is CCCCCCCCC/C=C\CCCCCCCC(=O)OCCCCCCCCCCC/C=C\C/C=C\CCCCCCCCCCCCCCCCCCCC(=O)NC(CO)C(O)/C=C/CCCCCCCCCCCCCCCCC. The molecule has 6 nitrogen and oxygen atoms in total. The number of hydrogen-bond acceptors (Lipinski definition) is 5. The molecule has 0 aromatic carbocycles. The van der Waals surface area contributed by atoms with Crippen LogP contribution in [0.5, 0.6) is 0 Å². The van der Waals surface area contributed by atoms with Gasteiger partial charge in [0.1, 0.15) is 0 Å². The molecule has 2 atom stereocenters. The Morgan fingerprint density at radius 3 is 0.928 bits per heavy atom. The number of allylic oxidation sites excluding steroid dienone is 7. The fourth-order valence-corrected chi connectivity index (χ4v) is 11.6. The van der Waals surface area contributed by atoms with Gasteiger partial charge in [0.2, 0.25) is 5.91 Å². The molecule has 0 heterocycles. The minimum Gasteiger partial charge on any atom is -0.466 e. The van der Waals surface area contributed by atoms with Gasteiger partial charge in [-0.3, -0.25) is 9.59 Å². The molecule has 0 aromatic heterocycles. The van der Waals surface area contributed by atoms with Gasteiger partial charge in [-0.05, 0) is 89.9 Å². The standard InChI is InChI=1S/C77H145NO5/c1-3-5-7-9-11-13-15-17-19-38-41-45-49-53-57-61-65-69-75(80)74(73-79)78-76(81)70-66-62-58-54-50-46-42-39-36-34-32-30-28-26-24-22-21-23-25-27-29-31-33-35-37-40-44-48-52-56-60-64-68-72-83-77(82)71-67-63-59-55-51-47-43-20-18-16-14-12-10-8-6-4-2/h20,25,27,31,33,43,65,69,74-75,79-80H,3-19,21-24,26,28-30,32,34-42,44-64,66-68,70-73H2,1-2H3,(H,78,81)/b27-25-,33-31-,43-20-,69-65+. The first-order valence-corrected chi connectivity index (χ1v) is 37.4. The van der Waals surface area contributed by atoms with Crippen molar-refractivity contribution in [1.29, 1.82) is 0 Å². The first-order chi connectivity index (χ1) is 41.0. The number of hydrogen-bond donors (Lipinski definition) is 3. The van der Waals surface area contributed by atoms with E-state index in [1.54, 1.807) is 6.08 Å². The predicted molar refractivity (Wildman–Crippen MR) is 366 cm³/mol. The van der Waals surface area contributed by atoms with Crippen LogP contribution in [0.4, 0.5) is 0 Å². The van der Waals surface area contributed by atoms with E-state index in [0.29, 0.717) is 19.4 Å². The van der Waals surface area contributed by atoms with Gasteiger partial charge < -0.3 is 20.3 Å². The average Bonchev–Trinajstić information content (AvgIpc) is 3.49. The van der Waals surface area contributed by atoms with Crippen LogP contribution >= 0.6 is 0 Å². The van der Waals surface area contributed by atoms with Gasteiger partial charge in [0, 0.05) is 12.8 Å². The molecule has 0 aliphatic carbocycles. The topological polar surface area (TPSA) is 95.9 Å². The number of amides is 1. The summed E-state index contributed by atoms with van der Waals surface area (Å²) in [5, 5.41) is 23.2. The van der Waals surface area contributed by atoms with Crippen molar-refractivity contribution in [3.05, 3.63) is 48.6 Å². The highest BCUT2D eigenvalue weighted by Gasteiger charge is 2.18. The Morgan fingerprint density at radius 1 is 0.337 bits per heavy atom. The number of nitrogens with one attached hydrogen (secondary N) is 1. The maximum Gasteiger partial charge on any atom is 0.305 e. The monoisotopic (exact) mass is 1160 g/mol. The molecule has 6 heteroatoms. The van der Waals surface area contributed by atoms with Crippen LogP contribution in [0.1, 0.15) is 406 Å². The molecular formula is C77H145NO5. The molecule has 0 aliphatic heterocycles. The fourth-order valence-electron chi connectivity index (χ4n) is 11.6. The molecule has 0 bridgehead atoms. The van der Waals surface area contributed by atoms with E-state index in [1.807, 2.05) is 6.08 Å². The van der Waals surface area contributed by atoms with E-state index in [0.717, 1.165) is 51.4 Å². The van der Waals surface area contributed by atoms with Crippen LogP contribution in [0.3, 0.4) is 0 Å². The van der Waals surface area contributed by atoms with E-state index < -0.39 is 12.1 Å². The second-order valence-electron chi connectivity index (χ2n) is 25.6. The highest BCUT2D eigenvalue weighted by atomic mass is 16.5. The minimum atomic E-state index is -0.844. The van der Waals surface area contributed by atoms with Crippen LogP contribution in [0, 0.1) is 0 Å². The van der Waals surface area contributed by atoms with Crippen LogP contribution < -0.4 is 5.32 Å². The van der Waals surface area contributed by atoms with Gasteiger partial charge >= 0.3 is 5.97 Å². The summed E-state index contributed by atoms with van der Waals surface area (Å²) in [5.74, 6) is -0.0566. The van der Waals surface area contributed by atoms with Gasteiger partial charge in [-0.2, -0.15) is 0 Å². The van der Waals surface area contributed by atoms with Crippen molar-refractivity contribution in [2.45, 2.75) is 418 Å². The van der Waals surface area contributed by atoms with Crippen molar-refractivity contribution in [2.24, 2.45) is 0 Å². The van der Waals surface area contributed by atoms with Gasteiger partial charge in [-0.15, -0.1) is 0 Å². The second-order valence-corrected chi connectivity index (χ2v) is 25.6. The Kier molecular flexibility index (Phi) is 70.4. The number of carbonyl (C=O) groups excluding carboxylic acids is 2. The van der Waals surface area contributed by atoms with Gasteiger partial charge in [0.05, 0.1) is 25.4 Å². The van der Waals surface area contributed by atoms with Crippen LogP contribution in [0.25, 0.3) is 0 Å². The third kappa shape index (κ3) is 68.8. The number of unbranched alkanes of at least 4 members (excludes halogenated alkanes) is 53. The Labute approximate surface area is 518 Å². The van der Waals surface area contributed by atoms with Gasteiger partial charge in [0.15, 0.2) is 0 Å². The maximum absolute atomic E-state index is 12.5. The predicted octanol–water partition coefficient (Wildman–Crippen LogP) is 24.4. The molecule has 0 rings (SSSR count). The summed E-state index contributed by atoms with van der Waals surface area (Å²) >= 11 is 0. The van der Waals surface area contributed by atoms with E-state index in [-0.39, 0.29) is 18.5 Å². The number of aliphatic hydroxyl groups excluding tert-OH is 2. The van der Waals surface area contributed by atoms with Crippen LogP contribution in [-0.4, -0.2) is 47.4 Å². The zero-order valence-electron chi connectivity index (χ0n) is 55.9. The average molecular weight is 1170 g/mol. The molecule has 1 amide bonds. The first-order valence-electron chi connectivity index (χ1n) is 37.4. The second kappa shape index (κ2) is 72.3. The Hall–Kier alpha value is -2.18. The summed E-state index contributed by atoms with van der Waals surface area (Å²) in [7, 11) is 0. The van der Waals surface area contributed by atoms with Crippen molar-refractivity contribution < 1.29 is 24.5 Å². The Bertz CT molecular complexity index is 1390. The van der Waals surface area contributed by atoms with E-state index in [9.17, 15) is 19.8 Å². The molecule has 0 fully saturated rings. The number of ether oxygens (including phenoxy) is 1. The molecule has 0 saturated heterocycles. The summed E-state index contributed by atoms with van der Waals surface area (Å²) in [6.07, 6.45) is 95.0. The molecule has 0 aromatic rings. The number of rotatable bonds is 70. The number of aliphatic hydroxyl groups is 2. The molecular weight excluding hydrogens is 1020 g/mol. The summed E-state index contributed by atoms with van der Waals surface area (Å²) in [6.45, 7) is 4.93. The minimum absolute atomic E-state index is 0.00682. The lowest BCUT2D eigenvalue weighted by Gasteiger charge is -2.20. The van der Waals surface area contributed by atoms with Crippen LogP contribution in [0.2, 0.25) is 0 Å². The number of esters is 1. The third-order valence-corrected chi connectivity index (χ3v) is 17.3. The van der Waals surface area contributed by atoms with Crippen molar-refractivity contribution in [3.8, 4) is 0 Å². The van der Waals surface area contributed by atoms with Crippen LogP contribution in [0.15, 0.2) is 48.6 Å². The summed E-state index contributed by atoms with van der Waals surface area (Å²) < 4.78 is 5.49. The Morgan fingerprint density at radius 2 is 0.602 bits per heavy atom. The van der Waals surface area contributed by atoms with E-state index in [2.05, 4.69) is 55.6 Å². The zero-order chi connectivity index (χ0) is 59.9. The number of carbonyl (C=O) groups is 2. The normalized spacial score (nSPS) is 12.8. The van der Waals surface area contributed by atoms with Gasteiger partial charge in [-0.25, -0.2) is 0 Å². The molecule has 0 saturated carbocycles. The summed E-state index contributed by atoms with van der Waals surface area (Å²) in [4.78, 5) is 24.6. The van der Waals surface area contributed by atoms with Crippen molar-refractivity contribution in [3.63, 3.8) is 0 Å². The van der Waals surface area contributed by atoms with Crippen molar-refractivity contribution in [1.82, 2.24) is 5.32 Å². The molecule has 0 radical (unpaired) electrons. The quantitative estimate of drug-likeness (QED) is 0.0320. The third-order valence-electron chi connectivity index (χ3n) is 17.3. The molecule has 0 aliphatic rings. The lowest BCUT2D eigenvalue weighted by molar-refractivity contribution is -0.143. The van der Waals surface area contributed by atoms with Crippen molar-refractivity contribution >= 4 is 11.9 Å². The molecule has 2 unspecified atom stereocenters. The van der Waals surface area contributed by atoms with Crippen LogP contribution in [-0.2, 0) is 14.3 Å². The van der Waals surface area contributed by atoms with Gasteiger partial charge in [-0.1, -0.05) is 351 Å².